The number of carbonyl (C=O) groups is 1. The Morgan fingerprint density at radius 1 is 0.933 bits per heavy atom. The summed E-state index contributed by atoms with van der Waals surface area (Å²) in [5.41, 5.74) is 4.34. The number of benzene rings is 2. The van der Waals surface area contributed by atoms with Gasteiger partial charge in [0.05, 0.1) is 5.52 Å². The molecule has 0 bridgehead atoms. The number of rotatable bonds is 4. The monoisotopic (exact) mass is 395 g/mol. The number of pyridine rings is 1. The summed E-state index contributed by atoms with van der Waals surface area (Å²) in [7, 11) is 0. The second-order valence-electron chi connectivity index (χ2n) is 8.09. The molecular formula is C26H25N3O. The second-order valence-corrected chi connectivity index (χ2v) is 8.09. The van der Waals surface area contributed by atoms with E-state index >= 15 is 0 Å². The Balaban J connectivity index is 1.27. The van der Waals surface area contributed by atoms with Gasteiger partial charge in [-0.2, -0.15) is 0 Å². The van der Waals surface area contributed by atoms with Crippen molar-refractivity contribution in [2.24, 2.45) is 5.92 Å². The van der Waals surface area contributed by atoms with E-state index in [1.54, 1.807) is 12.4 Å². The quantitative estimate of drug-likeness (QED) is 0.481. The summed E-state index contributed by atoms with van der Waals surface area (Å²) in [5.74, 6) is 0.806. The average molecular weight is 396 g/mol. The molecule has 1 fully saturated rings. The van der Waals surface area contributed by atoms with Crippen molar-refractivity contribution in [1.82, 2.24) is 14.5 Å². The van der Waals surface area contributed by atoms with Crippen LogP contribution in [0.15, 0.2) is 85.3 Å². The van der Waals surface area contributed by atoms with Gasteiger partial charge in [-0.25, -0.2) is 0 Å². The minimum Gasteiger partial charge on any atom is -0.339 e. The molecule has 1 saturated heterocycles. The Morgan fingerprint density at radius 3 is 2.47 bits per heavy atom. The fraction of sp³-hybridized carbons (Fsp3) is 0.231. The molecule has 4 aromatic rings. The van der Waals surface area contributed by atoms with Gasteiger partial charge < -0.3 is 9.47 Å². The number of amides is 1. The molecule has 0 N–H and O–H groups in total. The lowest BCUT2D eigenvalue weighted by atomic mass is 9.90. The highest BCUT2D eigenvalue weighted by Crippen LogP contribution is 2.25. The molecule has 30 heavy (non-hydrogen) atoms. The van der Waals surface area contributed by atoms with Crippen LogP contribution in [0.2, 0.25) is 0 Å². The lowest BCUT2D eigenvalue weighted by molar-refractivity contribution is 0.0690. The molecule has 0 saturated carbocycles. The van der Waals surface area contributed by atoms with Crippen LogP contribution in [0.4, 0.5) is 0 Å². The largest absolute Gasteiger partial charge is 0.339 e. The van der Waals surface area contributed by atoms with Crippen LogP contribution < -0.4 is 0 Å². The molecule has 1 amide bonds. The van der Waals surface area contributed by atoms with Crippen molar-refractivity contribution in [2.75, 3.05) is 13.1 Å². The third kappa shape index (κ3) is 3.73. The Kier molecular flexibility index (Phi) is 5.06. The Morgan fingerprint density at radius 2 is 1.70 bits per heavy atom. The van der Waals surface area contributed by atoms with Gasteiger partial charge in [0.1, 0.15) is 0 Å². The van der Waals surface area contributed by atoms with Crippen molar-refractivity contribution in [3.05, 3.63) is 96.4 Å². The van der Waals surface area contributed by atoms with Crippen molar-refractivity contribution in [1.29, 1.82) is 0 Å². The highest BCUT2D eigenvalue weighted by atomic mass is 16.2. The summed E-state index contributed by atoms with van der Waals surface area (Å²) in [6, 6.07) is 22.7. The van der Waals surface area contributed by atoms with Crippen LogP contribution in [-0.2, 0) is 6.42 Å². The number of hydrogen-bond acceptors (Lipinski definition) is 2. The Hall–Kier alpha value is -3.40. The average Bonchev–Trinajstić information content (AvgIpc) is 3.24. The van der Waals surface area contributed by atoms with E-state index in [2.05, 4.69) is 45.9 Å². The fourth-order valence-electron chi connectivity index (χ4n) is 4.48. The lowest BCUT2D eigenvalue weighted by Crippen LogP contribution is -2.38. The first-order valence-electron chi connectivity index (χ1n) is 10.6. The summed E-state index contributed by atoms with van der Waals surface area (Å²) in [5, 5.41) is 1.08. The van der Waals surface area contributed by atoms with Gasteiger partial charge in [0.25, 0.3) is 5.91 Å². The van der Waals surface area contributed by atoms with Gasteiger partial charge >= 0.3 is 0 Å². The molecular weight excluding hydrogens is 370 g/mol. The number of hydrogen-bond donors (Lipinski definition) is 0. The van der Waals surface area contributed by atoms with Gasteiger partial charge in [0, 0.05) is 48.3 Å². The summed E-state index contributed by atoms with van der Waals surface area (Å²) >= 11 is 0. The summed E-state index contributed by atoms with van der Waals surface area (Å²) in [4.78, 5) is 19.2. The predicted molar refractivity (Wildman–Crippen MR) is 120 cm³/mol. The smallest absolute Gasteiger partial charge is 0.253 e. The molecule has 4 heteroatoms. The van der Waals surface area contributed by atoms with Crippen LogP contribution in [0.25, 0.3) is 16.6 Å². The van der Waals surface area contributed by atoms with Crippen molar-refractivity contribution >= 4 is 16.8 Å². The zero-order chi connectivity index (χ0) is 20.3. The molecule has 1 aliphatic rings. The molecule has 0 radical (unpaired) electrons. The highest BCUT2D eigenvalue weighted by Gasteiger charge is 2.24. The molecule has 3 heterocycles. The lowest BCUT2D eigenvalue weighted by Gasteiger charge is -2.32. The number of aromatic nitrogens is 2. The van der Waals surface area contributed by atoms with E-state index in [-0.39, 0.29) is 5.91 Å². The first-order chi connectivity index (χ1) is 14.8. The van der Waals surface area contributed by atoms with Crippen LogP contribution in [0, 0.1) is 5.92 Å². The minimum absolute atomic E-state index is 0.145. The summed E-state index contributed by atoms with van der Waals surface area (Å²) in [6.07, 6.45) is 8.88. The first-order valence-corrected chi connectivity index (χ1v) is 10.6. The zero-order valence-electron chi connectivity index (χ0n) is 16.9. The SMILES string of the molecule is O=C(c1ccc2c(ccn2-c2ccncc2)c1)N1CCC(Cc2ccccc2)CC1. The number of piperidine rings is 1. The van der Waals surface area contributed by atoms with Gasteiger partial charge in [-0.05, 0) is 67.1 Å². The third-order valence-electron chi connectivity index (χ3n) is 6.15. The summed E-state index contributed by atoms with van der Waals surface area (Å²) < 4.78 is 2.13. The van der Waals surface area contributed by atoms with E-state index in [4.69, 9.17) is 0 Å². The van der Waals surface area contributed by atoms with Crippen molar-refractivity contribution in [2.45, 2.75) is 19.3 Å². The van der Waals surface area contributed by atoms with E-state index in [1.807, 2.05) is 41.4 Å². The Bertz CT molecular complexity index is 1140. The van der Waals surface area contributed by atoms with E-state index in [1.165, 1.54) is 5.56 Å². The first kappa shape index (κ1) is 18.6. The standard InChI is InChI=1S/C26H25N3O/c30-26(28-15-10-21(11-16-28)18-20-4-2-1-3-5-20)23-6-7-25-22(19-23)12-17-29(25)24-8-13-27-14-9-24/h1-9,12-14,17,19,21H,10-11,15-16,18H2. The molecule has 5 rings (SSSR count). The van der Waals surface area contributed by atoms with Crippen LogP contribution in [-0.4, -0.2) is 33.4 Å². The molecule has 0 spiro atoms. The predicted octanol–water partition coefficient (Wildman–Crippen LogP) is 5.12. The van der Waals surface area contributed by atoms with Gasteiger partial charge in [0.2, 0.25) is 0 Å². The van der Waals surface area contributed by atoms with Crippen molar-refractivity contribution in [3.63, 3.8) is 0 Å². The molecule has 0 unspecified atom stereocenters. The molecule has 150 valence electrons. The normalized spacial score (nSPS) is 14.9. The van der Waals surface area contributed by atoms with Gasteiger partial charge in [0.15, 0.2) is 0 Å². The van der Waals surface area contributed by atoms with Gasteiger partial charge in [-0.15, -0.1) is 0 Å². The maximum atomic E-state index is 13.1. The second kappa shape index (κ2) is 8.15. The number of carbonyl (C=O) groups excluding carboxylic acids is 1. The molecule has 0 aliphatic carbocycles. The maximum absolute atomic E-state index is 13.1. The third-order valence-corrected chi connectivity index (χ3v) is 6.15. The number of likely N-dealkylation sites (tertiary alicyclic amines) is 1. The number of nitrogens with zero attached hydrogens (tertiary/aromatic N) is 3. The topological polar surface area (TPSA) is 38.1 Å². The van der Waals surface area contributed by atoms with Crippen LogP contribution in [0.5, 0.6) is 0 Å². The molecule has 4 nitrogen and oxygen atoms in total. The van der Waals surface area contributed by atoms with Crippen molar-refractivity contribution in [3.8, 4) is 5.69 Å². The highest BCUT2D eigenvalue weighted by molar-refractivity contribution is 5.98. The molecule has 2 aromatic carbocycles. The van der Waals surface area contributed by atoms with Crippen LogP contribution in [0.1, 0.15) is 28.8 Å². The van der Waals surface area contributed by atoms with Crippen LogP contribution in [0.3, 0.4) is 0 Å². The molecule has 1 aliphatic heterocycles. The fourth-order valence-corrected chi connectivity index (χ4v) is 4.48. The zero-order valence-corrected chi connectivity index (χ0v) is 16.9. The summed E-state index contributed by atoms with van der Waals surface area (Å²) in [6.45, 7) is 1.68. The molecule has 2 aromatic heterocycles. The van der Waals surface area contributed by atoms with E-state index in [0.29, 0.717) is 5.92 Å². The van der Waals surface area contributed by atoms with E-state index < -0.39 is 0 Å². The van der Waals surface area contributed by atoms with E-state index in [0.717, 1.165) is 54.5 Å². The molecule has 0 atom stereocenters. The van der Waals surface area contributed by atoms with Crippen molar-refractivity contribution < 1.29 is 4.79 Å². The number of fused-ring (bicyclic) bond motifs is 1. The maximum Gasteiger partial charge on any atom is 0.253 e. The van der Waals surface area contributed by atoms with Gasteiger partial charge in [-0.3, -0.25) is 9.78 Å². The van der Waals surface area contributed by atoms with E-state index in [9.17, 15) is 4.79 Å². The Labute approximate surface area is 176 Å². The minimum atomic E-state index is 0.145. The van der Waals surface area contributed by atoms with Crippen LogP contribution >= 0.6 is 0 Å². The van der Waals surface area contributed by atoms with Gasteiger partial charge in [-0.1, -0.05) is 30.3 Å².